The number of thioether (sulfide) groups is 1. The molecule has 1 aliphatic rings. The number of benzene rings is 2. The third-order valence-electron chi connectivity index (χ3n) is 4.90. The molecule has 2 aromatic carbocycles. The molecule has 1 fully saturated rings. The predicted molar refractivity (Wildman–Crippen MR) is 111 cm³/mol. The fraction of sp³-hybridized carbons (Fsp3) is 0.300. The van der Waals surface area contributed by atoms with Crippen molar-refractivity contribution in [3.63, 3.8) is 0 Å². The van der Waals surface area contributed by atoms with Crippen LogP contribution in [0.25, 0.3) is 11.1 Å². The highest BCUT2D eigenvalue weighted by Crippen LogP contribution is 2.38. The summed E-state index contributed by atoms with van der Waals surface area (Å²) < 4.78 is 27.0. The number of amides is 1. The van der Waals surface area contributed by atoms with Gasteiger partial charge < -0.3 is 0 Å². The van der Waals surface area contributed by atoms with Crippen LogP contribution in [0.5, 0.6) is 0 Å². The van der Waals surface area contributed by atoms with Crippen LogP contribution in [0.1, 0.15) is 19.4 Å². The van der Waals surface area contributed by atoms with Crippen LogP contribution in [-0.4, -0.2) is 46.9 Å². The maximum Gasteiger partial charge on any atom is 0.263 e. The number of nitriles is 1. The van der Waals surface area contributed by atoms with Gasteiger partial charge in [-0.25, -0.2) is 13.9 Å². The van der Waals surface area contributed by atoms with E-state index < -0.39 is 26.7 Å². The van der Waals surface area contributed by atoms with Crippen LogP contribution >= 0.6 is 11.8 Å². The van der Waals surface area contributed by atoms with E-state index in [0.29, 0.717) is 11.3 Å². The van der Waals surface area contributed by atoms with Gasteiger partial charge in [0.15, 0.2) is 0 Å². The molecule has 2 N–H and O–H groups in total. The van der Waals surface area contributed by atoms with Gasteiger partial charge in [0, 0.05) is 17.0 Å². The Bertz CT molecular complexity index is 1040. The first-order valence-electron chi connectivity index (χ1n) is 8.91. The van der Waals surface area contributed by atoms with Gasteiger partial charge in [-0.1, -0.05) is 24.3 Å². The van der Waals surface area contributed by atoms with Crippen molar-refractivity contribution >= 4 is 27.7 Å². The molecule has 0 aliphatic carbocycles. The summed E-state index contributed by atoms with van der Waals surface area (Å²) in [6.07, 6.45) is 0. The van der Waals surface area contributed by atoms with E-state index in [4.69, 9.17) is 10.5 Å². The summed E-state index contributed by atoms with van der Waals surface area (Å²) in [7, 11) is -3.94. The van der Waals surface area contributed by atoms with E-state index in [9.17, 15) is 13.2 Å². The van der Waals surface area contributed by atoms with Crippen molar-refractivity contribution in [1.82, 2.24) is 9.79 Å². The fourth-order valence-electron chi connectivity index (χ4n) is 3.41. The molecule has 7 nitrogen and oxygen atoms in total. The molecule has 1 saturated heterocycles. The molecule has 0 bridgehead atoms. The van der Waals surface area contributed by atoms with E-state index in [2.05, 4.69) is 6.07 Å². The number of rotatable bonds is 4. The van der Waals surface area contributed by atoms with Gasteiger partial charge in [-0.2, -0.15) is 21.3 Å². The Balaban J connectivity index is 1.94. The zero-order chi connectivity index (χ0) is 21.2. The van der Waals surface area contributed by atoms with Crippen LogP contribution in [0.4, 0.5) is 0 Å². The second-order valence-corrected chi connectivity index (χ2v) is 10.8. The quantitative estimate of drug-likeness (QED) is 0.569. The summed E-state index contributed by atoms with van der Waals surface area (Å²) in [6.45, 7) is 3.74. The average molecular weight is 432 g/mol. The highest BCUT2D eigenvalue weighted by Gasteiger charge is 2.48. The molecule has 152 valence electrons. The van der Waals surface area contributed by atoms with Crippen LogP contribution in [-0.2, 0) is 14.8 Å². The minimum atomic E-state index is -3.94. The van der Waals surface area contributed by atoms with Crippen molar-refractivity contribution in [2.24, 2.45) is 0 Å². The van der Waals surface area contributed by atoms with Crippen LogP contribution < -0.4 is 5.48 Å². The highest BCUT2D eigenvalue weighted by molar-refractivity contribution is 8.00. The Kier molecular flexibility index (Phi) is 6.00. The Morgan fingerprint density at radius 3 is 2.24 bits per heavy atom. The van der Waals surface area contributed by atoms with Crippen LogP contribution in [0.3, 0.4) is 0 Å². The SMILES string of the molecule is CC1(C)SCCN(S(=O)(=O)c2ccc(-c3ccc(C#N)cc3)cc2)[C@H]1C(=O)NO. The molecule has 0 aromatic heterocycles. The number of carbonyl (C=O) groups excluding carboxylic acids is 1. The molecule has 1 amide bonds. The standard InChI is InChI=1S/C20H21N3O4S2/c1-20(2)18(19(24)22-25)23(11-12-28-20)29(26,27)17-9-7-16(8-10-17)15-5-3-14(13-21)4-6-15/h3-10,18,25H,11-12H2,1-2H3,(H,22,24)/t18-/m0/s1. The summed E-state index contributed by atoms with van der Waals surface area (Å²) in [5.41, 5.74) is 3.83. The highest BCUT2D eigenvalue weighted by atomic mass is 32.2. The van der Waals surface area contributed by atoms with Crippen molar-refractivity contribution in [2.75, 3.05) is 12.3 Å². The van der Waals surface area contributed by atoms with Gasteiger partial charge in [-0.05, 0) is 49.2 Å². The maximum absolute atomic E-state index is 13.3. The second kappa shape index (κ2) is 8.16. The zero-order valence-corrected chi connectivity index (χ0v) is 17.6. The fourth-order valence-corrected chi connectivity index (χ4v) is 6.52. The number of sulfonamides is 1. The molecule has 0 unspecified atom stereocenters. The van der Waals surface area contributed by atoms with Gasteiger partial charge >= 0.3 is 0 Å². The van der Waals surface area contributed by atoms with Gasteiger partial charge in [0.1, 0.15) is 6.04 Å². The van der Waals surface area contributed by atoms with Gasteiger partial charge in [0.25, 0.3) is 5.91 Å². The first-order valence-corrected chi connectivity index (χ1v) is 11.3. The smallest absolute Gasteiger partial charge is 0.263 e. The number of hydrogen-bond donors (Lipinski definition) is 2. The lowest BCUT2D eigenvalue weighted by molar-refractivity contribution is -0.134. The summed E-state index contributed by atoms with van der Waals surface area (Å²) in [5, 5.41) is 18.0. The third kappa shape index (κ3) is 4.16. The van der Waals surface area contributed by atoms with Gasteiger partial charge in [-0.15, -0.1) is 0 Å². The Hall–Kier alpha value is -2.38. The van der Waals surface area contributed by atoms with Crippen molar-refractivity contribution in [2.45, 2.75) is 29.5 Å². The van der Waals surface area contributed by atoms with Crippen LogP contribution in [0.15, 0.2) is 53.4 Å². The molecule has 0 radical (unpaired) electrons. The number of nitrogens with one attached hydrogen (secondary N) is 1. The topological polar surface area (TPSA) is 111 Å². The number of hydroxylamine groups is 1. The van der Waals surface area contributed by atoms with E-state index in [1.807, 2.05) is 0 Å². The van der Waals surface area contributed by atoms with Crippen molar-refractivity contribution in [3.8, 4) is 17.2 Å². The predicted octanol–water partition coefficient (Wildman–Crippen LogP) is 2.62. The lowest BCUT2D eigenvalue weighted by atomic mass is 10.0. The molecular weight excluding hydrogens is 410 g/mol. The molecule has 1 heterocycles. The van der Waals surface area contributed by atoms with E-state index >= 15 is 0 Å². The monoisotopic (exact) mass is 431 g/mol. The minimum absolute atomic E-state index is 0.0772. The normalized spacial score (nSPS) is 19.3. The van der Waals surface area contributed by atoms with E-state index in [0.717, 1.165) is 15.4 Å². The Morgan fingerprint density at radius 2 is 1.72 bits per heavy atom. The first-order chi connectivity index (χ1) is 13.7. The summed E-state index contributed by atoms with van der Waals surface area (Å²) in [4.78, 5) is 12.3. The molecule has 0 saturated carbocycles. The molecular formula is C20H21N3O4S2. The first kappa shape index (κ1) is 21.3. The second-order valence-electron chi connectivity index (χ2n) is 7.16. The molecule has 29 heavy (non-hydrogen) atoms. The van der Waals surface area contributed by atoms with Gasteiger partial charge in [0.2, 0.25) is 10.0 Å². The van der Waals surface area contributed by atoms with Crippen molar-refractivity contribution in [3.05, 3.63) is 54.1 Å². The molecule has 0 spiro atoms. The molecule has 1 atom stereocenters. The molecule has 2 aromatic rings. The van der Waals surface area contributed by atoms with Gasteiger partial charge in [0.05, 0.1) is 16.5 Å². The number of hydrogen-bond acceptors (Lipinski definition) is 6. The Labute approximate surface area is 174 Å². The van der Waals surface area contributed by atoms with Gasteiger partial charge in [-0.3, -0.25) is 10.0 Å². The van der Waals surface area contributed by atoms with E-state index in [-0.39, 0.29) is 11.4 Å². The van der Waals surface area contributed by atoms with E-state index in [1.165, 1.54) is 23.9 Å². The maximum atomic E-state index is 13.3. The Morgan fingerprint density at radius 1 is 1.17 bits per heavy atom. The summed E-state index contributed by atoms with van der Waals surface area (Å²) >= 11 is 1.49. The lowest BCUT2D eigenvalue weighted by Gasteiger charge is -2.43. The molecule has 3 rings (SSSR count). The summed E-state index contributed by atoms with van der Waals surface area (Å²) in [5.74, 6) is -0.204. The number of nitrogens with zero attached hydrogens (tertiary/aromatic N) is 2. The zero-order valence-electron chi connectivity index (χ0n) is 16.0. The molecule has 9 heteroatoms. The van der Waals surface area contributed by atoms with Crippen LogP contribution in [0.2, 0.25) is 0 Å². The minimum Gasteiger partial charge on any atom is -0.289 e. The lowest BCUT2D eigenvalue weighted by Crippen LogP contribution is -2.61. The third-order valence-corrected chi connectivity index (χ3v) is 8.13. The largest absolute Gasteiger partial charge is 0.289 e. The van der Waals surface area contributed by atoms with E-state index in [1.54, 1.807) is 55.7 Å². The molecule has 1 aliphatic heterocycles. The average Bonchev–Trinajstić information content (AvgIpc) is 2.72. The number of carbonyl (C=O) groups is 1. The summed E-state index contributed by atoms with van der Waals surface area (Å²) in [6, 6.07) is 14.4. The van der Waals surface area contributed by atoms with Crippen molar-refractivity contribution in [1.29, 1.82) is 5.26 Å². The van der Waals surface area contributed by atoms with Crippen molar-refractivity contribution < 1.29 is 18.4 Å². The van der Waals surface area contributed by atoms with Crippen LogP contribution in [0, 0.1) is 11.3 Å².